The summed E-state index contributed by atoms with van der Waals surface area (Å²) < 4.78 is 1.90. The number of rotatable bonds is 4. The molecule has 0 saturated carbocycles. The van der Waals surface area contributed by atoms with Gasteiger partial charge in [0, 0.05) is 18.4 Å². The summed E-state index contributed by atoms with van der Waals surface area (Å²) in [6, 6.07) is 8.20. The first-order chi connectivity index (χ1) is 9.58. The maximum Gasteiger partial charge on any atom is 0.171 e. The van der Waals surface area contributed by atoms with Gasteiger partial charge in [0.2, 0.25) is 0 Å². The first-order valence-corrected chi connectivity index (χ1v) is 7.13. The maximum absolute atomic E-state index is 5.29. The van der Waals surface area contributed by atoms with Crippen molar-refractivity contribution in [3.05, 3.63) is 47.3 Å². The zero-order valence-electron chi connectivity index (χ0n) is 12.1. The SMILES string of the molecule is CCn1ccc(CNC(=S)Nc2ccc(C)c(C)c2)n1. The molecule has 106 valence electrons. The van der Waals surface area contributed by atoms with E-state index in [0.717, 1.165) is 17.9 Å². The standard InChI is InChI=1S/C15H20N4S/c1-4-19-8-7-14(18-19)10-16-15(20)17-13-6-5-11(2)12(3)9-13/h5-9H,4,10H2,1-3H3,(H2,16,17,20). The summed E-state index contributed by atoms with van der Waals surface area (Å²) in [5.41, 5.74) is 4.51. The summed E-state index contributed by atoms with van der Waals surface area (Å²) in [4.78, 5) is 0. The second-order valence-electron chi connectivity index (χ2n) is 4.77. The number of nitrogens with zero attached hydrogens (tertiary/aromatic N) is 2. The van der Waals surface area contributed by atoms with Crippen LogP contribution in [0, 0.1) is 13.8 Å². The van der Waals surface area contributed by atoms with E-state index in [1.54, 1.807) is 0 Å². The Balaban J connectivity index is 1.87. The van der Waals surface area contributed by atoms with E-state index in [-0.39, 0.29) is 0 Å². The van der Waals surface area contributed by atoms with Crippen LogP contribution in [0.4, 0.5) is 5.69 Å². The fourth-order valence-corrected chi connectivity index (χ4v) is 2.03. The largest absolute Gasteiger partial charge is 0.357 e. The molecule has 0 bridgehead atoms. The van der Waals surface area contributed by atoms with E-state index in [1.807, 2.05) is 23.0 Å². The molecule has 0 unspecified atom stereocenters. The maximum atomic E-state index is 5.29. The Bertz CT molecular complexity index is 604. The first-order valence-electron chi connectivity index (χ1n) is 6.73. The van der Waals surface area contributed by atoms with Crippen molar-refractivity contribution in [1.82, 2.24) is 15.1 Å². The third-order valence-corrected chi connectivity index (χ3v) is 3.46. The first kappa shape index (κ1) is 14.5. The fraction of sp³-hybridized carbons (Fsp3) is 0.333. The molecule has 0 amide bonds. The molecule has 0 aliphatic carbocycles. The highest BCUT2D eigenvalue weighted by Crippen LogP contribution is 2.13. The van der Waals surface area contributed by atoms with Crippen molar-refractivity contribution in [2.45, 2.75) is 33.9 Å². The number of hydrogen-bond donors (Lipinski definition) is 2. The van der Waals surface area contributed by atoms with Gasteiger partial charge in [-0.05, 0) is 62.3 Å². The van der Waals surface area contributed by atoms with Gasteiger partial charge in [-0.15, -0.1) is 0 Å². The monoisotopic (exact) mass is 288 g/mol. The minimum absolute atomic E-state index is 0.610. The third kappa shape index (κ3) is 3.81. The molecule has 0 radical (unpaired) electrons. The Kier molecular flexibility index (Phi) is 4.74. The van der Waals surface area contributed by atoms with Crippen molar-refractivity contribution in [1.29, 1.82) is 0 Å². The normalized spacial score (nSPS) is 10.3. The fourth-order valence-electron chi connectivity index (χ4n) is 1.84. The van der Waals surface area contributed by atoms with Gasteiger partial charge in [-0.25, -0.2) is 0 Å². The number of thiocarbonyl (C=S) groups is 1. The number of aryl methyl sites for hydroxylation is 3. The molecular formula is C15H20N4S. The van der Waals surface area contributed by atoms with E-state index in [2.05, 4.69) is 48.6 Å². The lowest BCUT2D eigenvalue weighted by Crippen LogP contribution is -2.28. The number of nitrogens with one attached hydrogen (secondary N) is 2. The van der Waals surface area contributed by atoms with Gasteiger partial charge in [0.25, 0.3) is 0 Å². The number of aromatic nitrogens is 2. The zero-order valence-corrected chi connectivity index (χ0v) is 12.9. The van der Waals surface area contributed by atoms with Crippen LogP contribution in [0.1, 0.15) is 23.7 Å². The minimum Gasteiger partial charge on any atom is -0.357 e. The Hall–Kier alpha value is -1.88. The lowest BCUT2D eigenvalue weighted by molar-refractivity contribution is 0.643. The van der Waals surface area contributed by atoms with Gasteiger partial charge >= 0.3 is 0 Å². The van der Waals surface area contributed by atoms with Crippen molar-refractivity contribution in [3.8, 4) is 0 Å². The van der Waals surface area contributed by atoms with Crippen LogP contribution in [0.5, 0.6) is 0 Å². The Morgan fingerprint density at radius 3 is 2.70 bits per heavy atom. The molecule has 0 aliphatic heterocycles. The van der Waals surface area contributed by atoms with E-state index in [4.69, 9.17) is 12.2 Å². The zero-order chi connectivity index (χ0) is 14.5. The highest BCUT2D eigenvalue weighted by molar-refractivity contribution is 7.80. The summed E-state index contributed by atoms with van der Waals surface area (Å²) in [6.45, 7) is 7.76. The summed E-state index contributed by atoms with van der Waals surface area (Å²) in [5.74, 6) is 0. The second kappa shape index (κ2) is 6.52. The molecule has 20 heavy (non-hydrogen) atoms. The lowest BCUT2D eigenvalue weighted by Gasteiger charge is -2.11. The number of anilines is 1. The van der Waals surface area contributed by atoms with Gasteiger partial charge in [-0.1, -0.05) is 6.07 Å². The van der Waals surface area contributed by atoms with Gasteiger partial charge in [0.1, 0.15) is 0 Å². The van der Waals surface area contributed by atoms with Crippen molar-refractivity contribution in [2.75, 3.05) is 5.32 Å². The lowest BCUT2D eigenvalue weighted by atomic mass is 10.1. The molecule has 1 aromatic carbocycles. The molecule has 0 aliphatic rings. The molecule has 1 heterocycles. The molecule has 0 atom stereocenters. The van der Waals surface area contributed by atoms with Crippen molar-refractivity contribution in [2.24, 2.45) is 0 Å². The summed E-state index contributed by atoms with van der Waals surface area (Å²) in [5, 5.41) is 11.4. The van der Waals surface area contributed by atoms with E-state index in [1.165, 1.54) is 11.1 Å². The predicted molar refractivity (Wildman–Crippen MR) is 86.9 cm³/mol. The molecule has 1 aromatic heterocycles. The van der Waals surface area contributed by atoms with Gasteiger partial charge in [-0.2, -0.15) is 5.10 Å². The van der Waals surface area contributed by atoms with Crippen LogP contribution in [0.2, 0.25) is 0 Å². The van der Waals surface area contributed by atoms with E-state index in [9.17, 15) is 0 Å². The highest BCUT2D eigenvalue weighted by atomic mass is 32.1. The molecule has 0 spiro atoms. The van der Waals surface area contributed by atoms with Crippen LogP contribution in [-0.2, 0) is 13.1 Å². The van der Waals surface area contributed by atoms with E-state index >= 15 is 0 Å². The summed E-state index contributed by atoms with van der Waals surface area (Å²) in [7, 11) is 0. The second-order valence-corrected chi connectivity index (χ2v) is 5.18. The summed E-state index contributed by atoms with van der Waals surface area (Å²) >= 11 is 5.29. The van der Waals surface area contributed by atoms with Crippen molar-refractivity contribution >= 4 is 23.0 Å². The van der Waals surface area contributed by atoms with Gasteiger partial charge < -0.3 is 10.6 Å². The average molecular weight is 288 g/mol. The Labute approximate surface area is 125 Å². The van der Waals surface area contributed by atoms with Crippen LogP contribution in [0.3, 0.4) is 0 Å². The molecular weight excluding hydrogens is 268 g/mol. The van der Waals surface area contributed by atoms with Crippen LogP contribution >= 0.6 is 12.2 Å². The summed E-state index contributed by atoms with van der Waals surface area (Å²) in [6.07, 6.45) is 1.97. The molecule has 2 rings (SSSR count). The van der Waals surface area contributed by atoms with Gasteiger partial charge in [0.15, 0.2) is 5.11 Å². The quantitative estimate of drug-likeness (QED) is 0.849. The molecule has 4 nitrogen and oxygen atoms in total. The average Bonchev–Trinajstić information content (AvgIpc) is 2.89. The molecule has 2 N–H and O–H groups in total. The molecule has 2 aromatic rings. The van der Waals surface area contributed by atoms with Crippen LogP contribution < -0.4 is 10.6 Å². The van der Waals surface area contributed by atoms with Crippen LogP contribution in [0.15, 0.2) is 30.5 Å². The van der Waals surface area contributed by atoms with Crippen molar-refractivity contribution in [3.63, 3.8) is 0 Å². The van der Waals surface area contributed by atoms with E-state index in [0.29, 0.717) is 11.7 Å². The minimum atomic E-state index is 0.610. The Morgan fingerprint density at radius 1 is 1.25 bits per heavy atom. The van der Waals surface area contributed by atoms with Gasteiger partial charge in [0.05, 0.1) is 12.2 Å². The third-order valence-electron chi connectivity index (χ3n) is 3.21. The smallest absolute Gasteiger partial charge is 0.171 e. The predicted octanol–water partition coefficient (Wildman–Crippen LogP) is 3.01. The highest BCUT2D eigenvalue weighted by Gasteiger charge is 2.01. The number of benzene rings is 1. The molecule has 0 fully saturated rings. The molecule has 5 heteroatoms. The van der Waals surface area contributed by atoms with Crippen LogP contribution in [-0.4, -0.2) is 14.9 Å². The van der Waals surface area contributed by atoms with Crippen LogP contribution in [0.25, 0.3) is 0 Å². The van der Waals surface area contributed by atoms with E-state index < -0.39 is 0 Å². The topological polar surface area (TPSA) is 41.9 Å². The van der Waals surface area contributed by atoms with Gasteiger partial charge in [-0.3, -0.25) is 4.68 Å². The van der Waals surface area contributed by atoms with Crippen molar-refractivity contribution < 1.29 is 0 Å². The molecule has 0 saturated heterocycles. The number of hydrogen-bond acceptors (Lipinski definition) is 2. The Morgan fingerprint density at radius 2 is 2.05 bits per heavy atom.